The fourth-order valence-corrected chi connectivity index (χ4v) is 0.841. The summed E-state index contributed by atoms with van der Waals surface area (Å²) in [4.78, 5) is 9.81. The maximum absolute atomic E-state index is 9.81. The zero-order valence-electron chi connectivity index (χ0n) is 7.08. The normalized spacial score (nSPS) is 13.8. The lowest BCUT2D eigenvalue weighted by Gasteiger charge is -2.08. The fourth-order valence-electron chi connectivity index (χ4n) is 0.841. The van der Waals surface area contributed by atoms with Crippen molar-refractivity contribution in [2.75, 3.05) is 0 Å². The molecular formula is C8H16N2O. The quantitative estimate of drug-likeness (QED) is 0.573. The Labute approximate surface area is 67.7 Å². The van der Waals surface area contributed by atoms with E-state index in [0.717, 1.165) is 6.42 Å². The lowest BCUT2D eigenvalue weighted by Crippen LogP contribution is -2.20. The first-order chi connectivity index (χ1) is 5.16. The lowest BCUT2D eigenvalue weighted by atomic mass is 10.0. The molecule has 0 heterocycles. The molecular weight excluding hydrogens is 140 g/mol. The van der Waals surface area contributed by atoms with Gasteiger partial charge in [-0.1, -0.05) is 19.9 Å². The SMILES string of the molecule is CC(C)CC(N)/C=C/NC=O. The number of nitrogens with two attached hydrogens (primary N) is 1. The standard InChI is InChI=1S/C8H16N2O/c1-7(2)5-8(9)3-4-10-6-11/h3-4,6-8H,5,9H2,1-2H3,(H,10,11)/b4-3+. The third-order valence-corrected chi connectivity index (χ3v) is 1.25. The van der Waals surface area contributed by atoms with Gasteiger partial charge in [0, 0.05) is 12.2 Å². The van der Waals surface area contributed by atoms with Crippen LogP contribution in [0.25, 0.3) is 0 Å². The average Bonchev–Trinajstić information content (AvgIpc) is 1.86. The number of amides is 1. The zero-order chi connectivity index (χ0) is 8.69. The molecule has 0 aromatic rings. The molecule has 0 spiro atoms. The summed E-state index contributed by atoms with van der Waals surface area (Å²) in [7, 11) is 0. The summed E-state index contributed by atoms with van der Waals surface area (Å²) in [5.74, 6) is 0.589. The van der Waals surface area contributed by atoms with Crippen molar-refractivity contribution in [1.29, 1.82) is 0 Å². The number of hydrogen-bond acceptors (Lipinski definition) is 2. The Balaban J connectivity index is 3.50. The number of nitrogens with one attached hydrogen (secondary N) is 1. The van der Waals surface area contributed by atoms with Crippen LogP contribution in [0.3, 0.4) is 0 Å². The van der Waals surface area contributed by atoms with E-state index in [1.54, 1.807) is 12.3 Å². The summed E-state index contributed by atoms with van der Waals surface area (Å²) in [5.41, 5.74) is 5.67. The number of carbonyl (C=O) groups excluding carboxylic acids is 1. The molecule has 3 heteroatoms. The second kappa shape index (κ2) is 5.92. The van der Waals surface area contributed by atoms with Crippen LogP contribution in [0.2, 0.25) is 0 Å². The topological polar surface area (TPSA) is 55.1 Å². The van der Waals surface area contributed by atoms with Crippen molar-refractivity contribution in [2.45, 2.75) is 26.3 Å². The minimum absolute atomic E-state index is 0.0439. The van der Waals surface area contributed by atoms with E-state index in [1.807, 2.05) is 0 Å². The third kappa shape index (κ3) is 7.06. The summed E-state index contributed by atoms with van der Waals surface area (Å²) in [6, 6.07) is 0.0439. The second-order valence-corrected chi connectivity index (χ2v) is 2.94. The smallest absolute Gasteiger partial charge is 0.211 e. The van der Waals surface area contributed by atoms with Gasteiger partial charge in [-0.15, -0.1) is 0 Å². The molecule has 0 aliphatic heterocycles. The summed E-state index contributed by atoms with van der Waals surface area (Å²) < 4.78 is 0. The number of carbonyl (C=O) groups is 1. The Morgan fingerprint density at radius 3 is 2.64 bits per heavy atom. The van der Waals surface area contributed by atoms with E-state index in [1.165, 1.54) is 0 Å². The van der Waals surface area contributed by atoms with Gasteiger partial charge in [0.1, 0.15) is 0 Å². The average molecular weight is 156 g/mol. The van der Waals surface area contributed by atoms with Crippen molar-refractivity contribution in [3.63, 3.8) is 0 Å². The molecule has 0 saturated carbocycles. The molecule has 0 rings (SSSR count). The molecule has 0 aliphatic carbocycles. The van der Waals surface area contributed by atoms with Crippen LogP contribution >= 0.6 is 0 Å². The second-order valence-electron chi connectivity index (χ2n) is 2.94. The summed E-state index contributed by atoms with van der Waals surface area (Å²) >= 11 is 0. The van der Waals surface area contributed by atoms with E-state index in [-0.39, 0.29) is 6.04 Å². The van der Waals surface area contributed by atoms with Crippen LogP contribution in [0.15, 0.2) is 12.3 Å². The molecule has 0 aromatic carbocycles. The van der Waals surface area contributed by atoms with E-state index in [2.05, 4.69) is 19.2 Å². The maximum atomic E-state index is 9.81. The third-order valence-electron chi connectivity index (χ3n) is 1.25. The Kier molecular flexibility index (Phi) is 5.47. The Morgan fingerprint density at radius 1 is 1.55 bits per heavy atom. The molecule has 1 amide bonds. The van der Waals surface area contributed by atoms with Crippen molar-refractivity contribution >= 4 is 6.41 Å². The Bertz CT molecular complexity index is 132. The summed E-state index contributed by atoms with van der Waals surface area (Å²) in [6.45, 7) is 4.22. The van der Waals surface area contributed by atoms with Crippen LogP contribution in [0.4, 0.5) is 0 Å². The summed E-state index contributed by atoms with van der Waals surface area (Å²) in [6.07, 6.45) is 4.92. The molecule has 11 heavy (non-hydrogen) atoms. The van der Waals surface area contributed by atoms with Crippen LogP contribution < -0.4 is 11.1 Å². The van der Waals surface area contributed by atoms with E-state index in [0.29, 0.717) is 12.3 Å². The van der Waals surface area contributed by atoms with E-state index in [9.17, 15) is 4.79 Å². The first-order valence-corrected chi connectivity index (χ1v) is 3.78. The van der Waals surface area contributed by atoms with Gasteiger partial charge in [-0.05, 0) is 12.3 Å². The highest BCUT2D eigenvalue weighted by atomic mass is 16.1. The van der Waals surface area contributed by atoms with Crippen molar-refractivity contribution in [3.05, 3.63) is 12.3 Å². The molecule has 1 atom stereocenters. The van der Waals surface area contributed by atoms with Gasteiger partial charge in [-0.25, -0.2) is 0 Å². The molecule has 64 valence electrons. The molecule has 0 fully saturated rings. The van der Waals surface area contributed by atoms with Crippen LogP contribution in [-0.2, 0) is 4.79 Å². The Hall–Kier alpha value is -0.830. The number of rotatable bonds is 5. The molecule has 0 aromatic heterocycles. The molecule has 3 N–H and O–H groups in total. The zero-order valence-corrected chi connectivity index (χ0v) is 7.08. The first-order valence-electron chi connectivity index (χ1n) is 3.78. The van der Waals surface area contributed by atoms with Gasteiger partial charge in [-0.2, -0.15) is 0 Å². The van der Waals surface area contributed by atoms with E-state index < -0.39 is 0 Å². The minimum Gasteiger partial charge on any atom is -0.336 e. The van der Waals surface area contributed by atoms with Crippen molar-refractivity contribution < 1.29 is 4.79 Å². The van der Waals surface area contributed by atoms with Gasteiger partial charge in [0.2, 0.25) is 6.41 Å². The first kappa shape index (κ1) is 10.2. The minimum atomic E-state index is 0.0439. The number of hydrogen-bond donors (Lipinski definition) is 2. The Morgan fingerprint density at radius 2 is 2.18 bits per heavy atom. The van der Waals surface area contributed by atoms with Crippen LogP contribution in [-0.4, -0.2) is 12.5 Å². The maximum Gasteiger partial charge on any atom is 0.211 e. The fraction of sp³-hybridized carbons (Fsp3) is 0.625. The molecule has 0 saturated heterocycles. The summed E-state index contributed by atoms with van der Waals surface area (Å²) in [5, 5.41) is 2.41. The van der Waals surface area contributed by atoms with Crippen molar-refractivity contribution in [3.8, 4) is 0 Å². The van der Waals surface area contributed by atoms with E-state index in [4.69, 9.17) is 5.73 Å². The predicted octanol–water partition coefficient (Wildman–Crippen LogP) is 0.620. The van der Waals surface area contributed by atoms with Crippen molar-refractivity contribution in [1.82, 2.24) is 5.32 Å². The highest BCUT2D eigenvalue weighted by Gasteiger charge is 1.99. The van der Waals surface area contributed by atoms with Gasteiger partial charge in [0.25, 0.3) is 0 Å². The monoisotopic (exact) mass is 156 g/mol. The van der Waals surface area contributed by atoms with Crippen LogP contribution in [0.5, 0.6) is 0 Å². The highest BCUT2D eigenvalue weighted by Crippen LogP contribution is 2.02. The predicted molar refractivity (Wildman–Crippen MR) is 45.8 cm³/mol. The van der Waals surface area contributed by atoms with Gasteiger partial charge in [0.15, 0.2) is 0 Å². The van der Waals surface area contributed by atoms with Crippen LogP contribution in [0, 0.1) is 5.92 Å². The van der Waals surface area contributed by atoms with E-state index >= 15 is 0 Å². The molecule has 0 aliphatic rings. The lowest BCUT2D eigenvalue weighted by molar-refractivity contribution is -0.108. The molecule has 3 nitrogen and oxygen atoms in total. The van der Waals surface area contributed by atoms with Gasteiger partial charge < -0.3 is 11.1 Å². The van der Waals surface area contributed by atoms with Crippen molar-refractivity contribution in [2.24, 2.45) is 11.7 Å². The largest absolute Gasteiger partial charge is 0.336 e. The van der Waals surface area contributed by atoms with Gasteiger partial charge >= 0.3 is 0 Å². The highest BCUT2D eigenvalue weighted by molar-refractivity contribution is 5.47. The van der Waals surface area contributed by atoms with Crippen LogP contribution in [0.1, 0.15) is 20.3 Å². The van der Waals surface area contributed by atoms with Gasteiger partial charge in [-0.3, -0.25) is 4.79 Å². The van der Waals surface area contributed by atoms with Gasteiger partial charge in [0.05, 0.1) is 0 Å². The molecule has 0 bridgehead atoms. The molecule has 0 radical (unpaired) electrons. The molecule has 1 unspecified atom stereocenters.